The van der Waals surface area contributed by atoms with E-state index in [-0.39, 0.29) is 0 Å². The van der Waals surface area contributed by atoms with Crippen LogP contribution in [0.25, 0.3) is 0 Å². The highest BCUT2D eigenvalue weighted by atomic mass is 32.1. The van der Waals surface area contributed by atoms with Crippen LogP contribution in [0.4, 0.5) is 0 Å². The molecule has 3 aromatic carbocycles. The molecule has 1 aliphatic rings. The van der Waals surface area contributed by atoms with Crippen LogP contribution in [0.3, 0.4) is 0 Å². The zero-order valence-corrected chi connectivity index (χ0v) is 18.9. The van der Waals surface area contributed by atoms with Gasteiger partial charge in [0.1, 0.15) is 5.75 Å². The molecule has 0 aliphatic heterocycles. The van der Waals surface area contributed by atoms with E-state index in [1.165, 1.54) is 22.0 Å². The lowest BCUT2D eigenvalue weighted by Gasteiger charge is -2.18. The summed E-state index contributed by atoms with van der Waals surface area (Å²) in [7, 11) is 0.416. The van der Waals surface area contributed by atoms with Gasteiger partial charge in [0.2, 0.25) is 0 Å². The first-order chi connectivity index (χ1) is 14.7. The minimum Gasteiger partial charge on any atom is -0.507 e. The van der Waals surface area contributed by atoms with Crippen LogP contribution >= 0.6 is 21.2 Å². The van der Waals surface area contributed by atoms with Crippen molar-refractivity contribution in [3.8, 4) is 5.75 Å². The third-order valence-electron chi connectivity index (χ3n) is 5.51. The van der Waals surface area contributed by atoms with E-state index in [1.54, 1.807) is 0 Å². The fourth-order valence-corrected chi connectivity index (χ4v) is 5.70. The lowest BCUT2D eigenvalue weighted by atomic mass is 9.91. The number of hydrogen-bond donors (Lipinski definition) is 2. The second kappa shape index (κ2) is 10.2. The molecule has 3 heteroatoms. The van der Waals surface area contributed by atoms with Crippen molar-refractivity contribution in [2.45, 2.75) is 25.0 Å². The predicted molar refractivity (Wildman–Crippen MR) is 134 cm³/mol. The van der Waals surface area contributed by atoms with Gasteiger partial charge in [0.25, 0.3) is 0 Å². The molecule has 0 fully saturated rings. The van der Waals surface area contributed by atoms with E-state index in [0.717, 1.165) is 30.1 Å². The minimum absolute atomic E-state index is 0.416. The Balaban J connectivity index is 1.69. The number of allylic oxidation sites excluding steroid dienone is 4. The summed E-state index contributed by atoms with van der Waals surface area (Å²) in [5.74, 6) is 1.67. The fourth-order valence-electron chi connectivity index (χ4n) is 3.94. The van der Waals surface area contributed by atoms with Crippen molar-refractivity contribution in [3.63, 3.8) is 0 Å². The Kier molecular flexibility index (Phi) is 7.10. The topological polar surface area (TPSA) is 20.2 Å². The summed E-state index contributed by atoms with van der Waals surface area (Å²) < 4.78 is 0. The average Bonchev–Trinajstić information content (AvgIpc) is 2.78. The highest BCUT2D eigenvalue weighted by Crippen LogP contribution is 2.29. The molecule has 2 unspecified atom stereocenters. The van der Waals surface area contributed by atoms with Gasteiger partial charge >= 0.3 is 0 Å². The summed E-state index contributed by atoms with van der Waals surface area (Å²) in [6, 6.07) is 23.2. The van der Waals surface area contributed by atoms with Crippen LogP contribution in [0.1, 0.15) is 28.7 Å². The summed E-state index contributed by atoms with van der Waals surface area (Å²) in [6.45, 7) is 0. The van der Waals surface area contributed by atoms with Gasteiger partial charge in [-0.15, -0.1) is 0 Å². The number of hydrogen-bond acceptors (Lipinski definition) is 2. The van der Waals surface area contributed by atoms with Gasteiger partial charge in [-0.1, -0.05) is 93.5 Å². The van der Waals surface area contributed by atoms with Crippen molar-refractivity contribution in [2.24, 2.45) is 5.92 Å². The van der Waals surface area contributed by atoms with Gasteiger partial charge in [0, 0.05) is 17.5 Å². The second-order valence-electron chi connectivity index (χ2n) is 7.77. The molecule has 152 valence electrons. The van der Waals surface area contributed by atoms with Crippen molar-refractivity contribution in [1.82, 2.24) is 0 Å². The third-order valence-corrected chi connectivity index (χ3v) is 7.26. The van der Waals surface area contributed by atoms with Crippen molar-refractivity contribution in [1.29, 1.82) is 0 Å². The smallest absolute Gasteiger partial charge is 0.126 e. The molecular weight excluding hydrogens is 403 g/mol. The van der Waals surface area contributed by atoms with E-state index in [2.05, 4.69) is 97.6 Å². The van der Waals surface area contributed by atoms with E-state index in [4.69, 9.17) is 0 Å². The van der Waals surface area contributed by atoms with Gasteiger partial charge in [-0.25, -0.2) is 0 Å². The highest BCUT2D eigenvalue weighted by Gasteiger charge is 2.15. The van der Waals surface area contributed by atoms with E-state index in [1.807, 2.05) is 6.07 Å². The average molecular weight is 431 g/mol. The molecule has 30 heavy (non-hydrogen) atoms. The van der Waals surface area contributed by atoms with Gasteiger partial charge in [-0.3, -0.25) is 0 Å². The number of phenols is 1. The van der Waals surface area contributed by atoms with E-state index in [9.17, 15) is 5.11 Å². The molecule has 2 atom stereocenters. The number of thiol groups is 1. The molecule has 0 radical (unpaired) electrons. The van der Waals surface area contributed by atoms with Crippen LogP contribution in [0, 0.1) is 5.92 Å². The molecule has 1 nitrogen and oxygen atoms in total. The largest absolute Gasteiger partial charge is 0.507 e. The monoisotopic (exact) mass is 430 g/mol. The van der Waals surface area contributed by atoms with Gasteiger partial charge in [-0.2, -0.15) is 12.6 Å². The SMILES string of the molecule is Oc1c(Cc2ccccc2)cc(CC2C=CC=CC2)cc1Pc1ccccc1CS. The van der Waals surface area contributed by atoms with Crippen LogP contribution in [0.2, 0.25) is 0 Å². The van der Waals surface area contributed by atoms with Crippen molar-refractivity contribution < 1.29 is 5.11 Å². The summed E-state index contributed by atoms with van der Waals surface area (Å²) in [5.41, 5.74) is 4.76. The Labute approximate surface area is 186 Å². The molecule has 4 rings (SSSR count). The molecule has 0 heterocycles. The third kappa shape index (κ3) is 5.25. The van der Waals surface area contributed by atoms with Crippen molar-refractivity contribution in [3.05, 3.63) is 113 Å². The normalized spacial score (nSPS) is 15.8. The maximum atomic E-state index is 11.2. The number of phenolic OH excluding ortho intramolecular Hbond substituents is 1. The van der Waals surface area contributed by atoms with Crippen LogP contribution in [-0.4, -0.2) is 5.11 Å². The van der Waals surface area contributed by atoms with Gasteiger partial charge < -0.3 is 5.11 Å². The molecule has 0 saturated carbocycles. The summed E-state index contributed by atoms with van der Waals surface area (Å²) >= 11 is 4.49. The first-order valence-electron chi connectivity index (χ1n) is 10.4. The van der Waals surface area contributed by atoms with Gasteiger partial charge in [0.15, 0.2) is 0 Å². The molecule has 0 saturated heterocycles. The Morgan fingerprint density at radius 2 is 1.67 bits per heavy atom. The molecule has 0 aromatic heterocycles. The zero-order chi connectivity index (χ0) is 20.8. The van der Waals surface area contributed by atoms with Crippen molar-refractivity contribution in [2.75, 3.05) is 0 Å². The molecular formula is C27H27OPS. The molecule has 3 aromatic rings. The Bertz CT molecular complexity index is 1060. The van der Waals surface area contributed by atoms with E-state index < -0.39 is 0 Å². The van der Waals surface area contributed by atoms with E-state index in [0.29, 0.717) is 26.0 Å². The summed E-state index contributed by atoms with van der Waals surface area (Å²) in [6.07, 6.45) is 11.6. The lowest BCUT2D eigenvalue weighted by Crippen LogP contribution is -2.12. The Hall–Kier alpha value is -2.28. The molecule has 0 spiro atoms. The van der Waals surface area contributed by atoms with Gasteiger partial charge in [0.05, 0.1) is 0 Å². The summed E-state index contributed by atoms with van der Waals surface area (Å²) in [4.78, 5) is 0. The van der Waals surface area contributed by atoms with Crippen LogP contribution in [0.15, 0.2) is 91.0 Å². The minimum atomic E-state index is 0.416. The second-order valence-corrected chi connectivity index (χ2v) is 9.41. The number of aromatic hydroxyl groups is 1. The highest BCUT2D eigenvalue weighted by molar-refractivity contribution is 7.79. The van der Waals surface area contributed by atoms with Crippen molar-refractivity contribution >= 4 is 31.8 Å². The van der Waals surface area contributed by atoms with Crippen LogP contribution in [-0.2, 0) is 18.6 Å². The quantitative estimate of drug-likeness (QED) is 0.363. The standard InChI is InChI=1S/C27H27OPS/c28-27-24(16-21-11-5-2-6-12-21)17-22(15-20-9-3-1-4-10-20)18-26(27)29-25-14-8-7-13-23(25)19-30/h1-9,11-14,17-18,20,28-30H,10,15-16,19H2. The molecule has 1 N–H and O–H groups in total. The Morgan fingerprint density at radius 3 is 2.43 bits per heavy atom. The predicted octanol–water partition coefficient (Wildman–Crippen LogP) is 5.72. The first-order valence-corrected chi connectivity index (χ1v) is 12.0. The maximum Gasteiger partial charge on any atom is 0.126 e. The molecule has 0 amide bonds. The molecule has 0 bridgehead atoms. The lowest BCUT2D eigenvalue weighted by molar-refractivity contribution is 0.473. The number of benzene rings is 3. The first kappa shape index (κ1) is 21.0. The van der Waals surface area contributed by atoms with E-state index >= 15 is 0 Å². The van der Waals surface area contributed by atoms with Gasteiger partial charge in [-0.05, 0) is 52.4 Å². The zero-order valence-electron chi connectivity index (χ0n) is 17.0. The Morgan fingerprint density at radius 1 is 0.867 bits per heavy atom. The summed E-state index contributed by atoms with van der Waals surface area (Å²) in [5, 5.41) is 13.5. The number of rotatable bonds is 7. The fraction of sp³-hybridized carbons (Fsp3) is 0.185. The van der Waals surface area contributed by atoms with Crippen LogP contribution in [0.5, 0.6) is 5.75 Å². The molecule has 1 aliphatic carbocycles. The van der Waals surface area contributed by atoms with Crippen LogP contribution < -0.4 is 10.6 Å². The maximum absolute atomic E-state index is 11.2.